The minimum Gasteiger partial charge on any atom is -0.229 e. The van der Waals surface area contributed by atoms with E-state index in [2.05, 4.69) is 16.9 Å². The molecule has 0 radical (unpaired) electrons. The molecule has 1 aliphatic heterocycles. The highest BCUT2D eigenvalue weighted by Gasteiger charge is 2.48. The van der Waals surface area contributed by atoms with Gasteiger partial charge in [0.15, 0.2) is 9.84 Å². The molecule has 2 aliphatic rings. The van der Waals surface area contributed by atoms with Crippen molar-refractivity contribution in [3.05, 3.63) is 30.3 Å². The predicted octanol–water partition coefficient (Wildman–Crippen LogP) is 1.66. The molecule has 0 spiro atoms. The molecular weight excluding hydrogens is 354 g/mol. The van der Waals surface area contributed by atoms with Gasteiger partial charge in [0.25, 0.3) is 0 Å². The Labute approximate surface area is 142 Å². The summed E-state index contributed by atoms with van der Waals surface area (Å²) in [6, 6.07) is 10.0. The van der Waals surface area contributed by atoms with Crippen molar-refractivity contribution in [3.8, 4) is 0 Å². The number of sulfonamides is 1. The molecule has 0 amide bonds. The summed E-state index contributed by atoms with van der Waals surface area (Å²) in [5.41, 5.74) is -0.632. The van der Waals surface area contributed by atoms with Gasteiger partial charge in [-0.2, -0.15) is 0 Å². The van der Waals surface area contributed by atoms with E-state index in [1.807, 2.05) is 18.2 Å². The fourth-order valence-corrected chi connectivity index (χ4v) is 9.07. The van der Waals surface area contributed by atoms with Crippen molar-refractivity contribution < 1.29 is 16.8 Å². The molecule has 1 saturated heterocycles. The SMILES string of the molecule is CC1(CS(=O)(=O)NC2CC(Sc3ccccc3)C2)CS(=O)(=O)C1. The van der Waals surface area contributed by atoms with Gasteiger partial charge in [0, 0.05) is 21.6 Å². The van der Waals surface area contributed by atoms with E-state index in [1.165, 1.54) is 4.90 Å². The molecule has 1 N–H and O–H groups in total. The number of thioether (sulfide) groups is 1. The van der Waals surface area contributed by atoms with Crippen LogP contribution < -0.4 is 4.72 Å². The molecule has 5 nitrogen and oxygen atoms in total. The summed E-state index contributed by atoms with van der Waals surface area (Å²) in [6.45, 7) is 1.72. The molecule has 1 aliphatic carbocycles. The molecule has 3 rings (SSSR count). The molecule has 8 heteroatoms. The lowest BCUT2D eigenvalue weighted by Gasteiger charge is -2.39. The number of sulfone groups is 1. The van der Waals surface area contributed by atoms with E-state index in [0.29, 0.717) is 5.25 Å². The summed E-state index contributed by atoms with van der Waals surface area (Å²) in [5.74, 6) is -0.164. The van der Waals surface area contributed by atoms with Crippen molar-refractivity contribution in [2.75, 3.05) is 17.3 Å². The molecule has 1 aromatic rings. The Morgan fingerprint density at radius 3 is 2.39 bits per heavy atom. The quantitative estimate of drug-likeness (QED) is 0.818. The topological polar surface area (TPSA) is 80.3 Å². The Morgan fingerprint density at radius 2 is 1.83 bits per heavy atom. The van der Waals surface area contributed by atoms with Gasteiger partial charge < -0.3 is 0 Å². The first-order chi connectivity index (χ1) is 10.6. The van der Waals surface area contributed by atoms with Crippen molar-refractivity contribution in [3.63, 3.8) is 0 Å². The monoisotopic (exact) mass is 375 g/mol. The lowest BCUT2D eigenvalue weighted by molar-refractivity contribution is 0.381. The molecule has 2 fully saturated rings. The first-order valence-corrected chi connectivity index (χ1v) is 11.9. The third kappa shape index (κ3) is 4.49. The van der Waals surface area contributed by atoms with Crippen LogP contribution in [-0.2, 0) is 19.9 Å². The molecule has 1 saturated carbocycles. The first kappa shape index (κ1) is 17.3. The lowest BCUT2D eigenvalue weighted by Crippen LogP contribution is -2.54. The van der Waals surface area contributed by atoms with Crippen LogP contribution >= 0.6 is 11.8 Å². The van der Waals surface area contributed by atoms with Crippen LogP contribution in [0.25, 0.3) is 0 Å². The molecule has 0 atom stereocenters. The molecule has 1 aromatic carbocycles. The van der Waals surface area contributed by atoms with E-state index >= 15 is 0 Å². The van der Waals surface area contributed by atoms with Crippen LogP contribution in [0.4, 0.5) is 0 Å². The second-order valence-electron chi connectivity index (χ2n) is 6.94. The second-order valence-corrected chi connectivity index (χ2v) is 12.1. The van der Waals surface area contributed by atoms with E-state index in [9.17, 15) is 16.8 Å². The van der Waals surface area contributed by atoms with Crippen molar-refractivity contribution in [2.45, 2.75) is 36.0 Å². The number of nitrogens with one attached hydrogen (secondary N) is 1. The van der Waals surface area contributed by atoms with E-state index in [1.54, 1.807) is 18.7 Å². The van der Waals surface area contributed by atoms with Crippen molar-refractivity contribution >= 4 is 31.6 Å². The zero-order valence-electron chi connectivity index (χ0n) is 12.9. The third-order valence-corrected chi connectivity index (χ3v) is 9.47. The minimum atomic E-state index is -3.43. The van der Waals surface area contributed by atoms with Crippen LogP contribution in [0.3, 0.4) is 0 Å². The molecule has 0 aromatic heterocycles. The van der Waals surface area contributed by atoms with Gasteiger partial charge in [-0.1, -0.05) is 25.1 Å². The highest BCUT2D eigenvalue weighted by Crippen LogP contribution is 2.38. The van der Waals surface area contributed by atoms with Gasteiger partial charge in [-0.3, -0.25) is 0 Å². The Bertz CT molecular complexity index is 756. The first-order valence-electron chi connectivity index (χ1n) is 7.57. The maximum absolute atomic E-state index is 12.2. The van der Waals surface area contributed by atoms with Crippen LogP contribution in [0, 0.1) is 5.41 Å². The Hall–Kier alpha value is -0.570. The minimum absolute atomic E-state index is 0.0264. The van der Waals surface area contributed by atoms with Crippen molar-refractivity contribution in [1.29, 1.82) is 0 Å². The Balaban J connectivity index is 1.46. The van der Waals surface area contributed by atoms with E-state index < -0.39 is 25.3 Å². The van der Waals surface area contributed by atoms with Crippen molar-refractivity contribution in [2.24, 2.45) is 5.41 Å². The zero-order valence-corrected chi connectivity index (χ0v) is 15.4. The molecule has 23 heavy (non-hydrogen) atoms. The number of benzene rings is 1. The Morgan fingerprint density at radius 1 is 1.22 bits per heavy atom. The van der Waals surface area contributed by atoms with Gasteiger partial charge in [0.05, 0.1) is 17.3 Å². The fraction of sp³-hybridized carbons (Fsp3) is 0.600. The second kappa shape index (κ2) is 6.06. The van der Waals surface area contributed by atoms with Gasteiger partial charge >= 0.3 is 0 Å². The number of hydrogen-bond acceptors (Lipinski definition) is 5. The maximum Gasteiger partial charge on any atom is 0.212 e. The standard InChI is InChI=1S/C15H21NO4S3/c1-15(9-22(17,18)10-15)11-23(19,20)16-12-7-14(8-12)21-13-5-3-2-4-6-13/h2-6,12,14,16H,7-11H2,1H3. The normalized spacial score (nSPS) is 28.6. The number of hydrogen-bond donors (Lipinski definition) is 1. The third-order valence-electron chi connectivity index (χ3n) is 4.16. The average molecular weight is 376 g/mol. The molecule has 0 bridgehead atoms. The van der Waals surface area contributed by atoms with Crippen LogP contribution in [0.1, 0.15) is 19.8 Å². The highest BCUT2D eigenvalue weighted by atomic mass is 32.2. The smallest absolute Gasteiger partial charge is 0.212 e. The van der Waals surface area contributed by atoms with Crippen LogP contribution in [0.2, 0.25) is 0 Å². The molecule has 1 heterocycles. The predicted molar refractivity (Wildman–Crippen MR) is 92.8 cm³/mol. The van der Waals surface area contributed by atoms with Crippen LogP contribution in [0.15, 0.2) is 35.2 Å². The van der Waals surface area contributed by atoms with Gasteiger partial charge in [-0.05, 0) is 25.0 Å². The molecule has 128 valence electrons. The summed E-state index contributed by atoms with van der Waals surface area (Å²) >= 11 is 1.77. The summed E-state index contributed by atoms with van der Waals surface area (Å²) in [7, 11) is -6.45. The maximum atomic E-state index is 12.2. The molecular formula is C15H21NO4S3. The van der Waals surface area contributed by atoms with E-state index in [0.717, 1.165) is 12.8 Å². The lowest BCUT2D eigenvalue weighted by atomic mass is 9.93. The zero-order chi connectivity index (χ0) is 16.7. The highest BCUT2D eigenvalue weighted by molar-refractivity contribution is 8.00. The van der Waals surface area contributed by atoms with Gasteiger partial charge in [0.2, 0.25) is 10.0 Å². The fourth-order valence-electron chi connectivity index (χ4n) is 3.31. The van der Waals surface area contributed by atoms with Crippen LogP contribution in [0.5, 0.6) is 0 Å². The van der Waals surface area contributed by atoms with Gasteiger partial charge in [-0.15, -0.1) is 11.8 Å². The Kier molecular flexibility index (Phi) is 4.54. The van der Waals surface area contributed by atoms with Crippen LogP contribution in [-0.4, -0.2) is 45.4 Å². The molecule has 0 unspecified atom stereocenters. The average Bonchev–Trinajstić information content (AvgIpc) is 2.33. The van der Waals surface area contributed by atoms with Gasteiger partial charge in [-0.25, -0.2) is 21.6 Å². The van der Waals surface area contributed by atoms with E-state index in [4.69, 9.17) is 0 Å². The van der Waals surface area contributed by atoms with E-state index in [-0.39, 0.29) is 23.3 Å². The summed E-state index contributed by atoms with van der Waals surface area (Å²) in [6.07, 6.45) is 1.63. The summed E-state index contributed by atoms with van der Waals surface area (Å²) < 4.78 is 49.7. The van der Waals surface area contributed by atoms with Crippen molar-refractivity contribution in [1.82, 2.24) is 4.72 Å². The largest absolute Gasteiger partial charge is 0.229 e. The van der Waals surface area contributed by atoms with Gasteiger partial charge in [0.1, 0.15) is 0 Å². The summed E-state index contributed by atoms with van der Waals surface area (Å²) in [5, 5.41) is 0.435. The summed E-state index contributed by atoms with van der Waals surface area (Å²) in [4.78, 5) is 1.20. The number of rotatable bonds is 6.